The molecule has 1 fully saturated rings. The Hall–Kier alpha value is -1.91. The number of aryl methyl sites for hydroxylation is 1. The van der Waals surface area contributed by atoms with E-state index in [4.69, 9.17) is 5.11 Å². The van der Waals surface area contributed by atoms with Crippen molar-refractivity contribution < 1.29 is 19.1 Å². The van der Waals surface area contributed by atoms with Crippen LogP contribution >= 0.6 is 0 Å². The lowest BCUT2D eigenvalue weighted by atomic mass is 9.80. The molecule has 0 aliphatic heterocycles. The molecule has 1 aromatic carbocycles. The van der Waals surface area contributed by atoms with Crippen LogP contribution in [0.5, 0.6) is 0 Å². The van der Waals surface area contributed by atoms with Crippen LogP contribution in [0.1, 0.15) is 36.3 Å². The summed E-state index contributed by atoms with van der Waals surface area (Å²) < 4.78 is 13.1. The van der Waals surface area contributed by atoms with Crippen molar-refractivity contribution in [3.05, 3.63) is 35.1 Å². The Labute approximate surface area is 116 Å². The van der Waals surface area contributed by atoms with Gasteiger partial charge in [0.25, 0.3) is 0 Å². The number of carboxylic acid groups (broad SMARTS) is 1. The maximum atomic E-state index is 13.1. The van der Waals surface area contributed by atoms with Crippen LogP contribution in [0.3, 0.4) is 0 Å². The van der Waals surface area contributed by atoms with Gasteiger partial charge >= 0.3 is 5.97 Å². The fourth-order valence-corrected chi connectivity index (χ4v) is 3.10. The van der Waals surface area contributed by atoms with Crippen molar-refractivity contribution >= 4 is 11.9 Å². The molecule has 0 heterocycles. The number of hydrogen-bond donors (Lipinski definition) is 2. The maximum Gasteiger partial charge on any atom is 0.306 e. The van der Waals surface area contributed by atoms with E-state index in [-0.39, 0.29) is 29.6 Å². The second-order valence-corrected chi connectivity index (χ2v) is 5.65. The maximum absolute atomic E-state index is 13.1. The highest BCUT2D eigenvalue weighted by Crippen LogP contribution is 2.35. The number of rotatable bonds is 3. The minimum absolute atomic E-state index is 0.0342. The number of carboxylic acids is 1. The number of halogens is 1. The predicted molar refractivity (Wildman–Crippen MR) is 69.8 cm³/mol. The van der Waals surface area contributed by atoms with Gasteiger partial charge in [-0.25, -0.2) is 4.39 Å². The molecule has 1 atom stereocenters. The predicted octanol–water partition coefficient (Wildman–Crippen LogP) is 1.83. The molecule has 20 heavy (non-hydrogen) atoms. The first-order chi connectivity index (χ1) is 9.54. The van der Waals surface area contributed by atoms with Crippen molar-refractivity contribution in [1.29, 1.82) is 0 Å². The van der Waals surface area contributed by atoms with Crippen LogP contribution in [0.25, 0.3) is 0 Å². The minimum atomic E-state index is -0.794. The molecule has 2 aliphatic rings. The third-order valence-corrected chi connectivity index (χ3v) is 4.33. The second kappa shape index (κ2) is 4.89. The molecule has 1 saturated carbocycles. The van der Waals surface area contributed by atoms with Gasteiger partial charge in [0.2, 0.25) is 5.91 Å². The first-order valence-corrected chi connectivity index (χ1v) is 6.86. The molecule has 2 N–H and O–H groups in total. The Balaban J connectivity index is 1.62. The number of amides is 1. The molecule has 0 aromatic heterocycles. The second-order valence-electron chi connectivity index (χ2n) is 5.65. The summed E-state index contributed by atoms with van der Waals surface area (Å²) in [4.78, 5) is 22.9. The van der Waals surface area contributed by atoms with Crippen LogP contribution in [0, 0.1) is 11.7 Å². The fourth-order valence-electron chi connectivity index (χ4n) is 3.10. The van der Waals surface area contributed by atoms with Gasteiger partial charge in [-0.05, 0) is 48.9 Å². The normalized spacial score (nSPS) is 27.6. The van der Waals surface area contributed by atoms with Gasteiger partial charge in [-0.1, -0.05) is 6.07 Å². The Morgan fingerprint density at radius 1 is 1.30 bits per heavy atom. The Kier molecular flexibility index (Phi) is 3.20. The zero-order valence-electron chi connectivity index (χ0n) is 10.9. The quantitative estimate of drug-likeness (QED) is 0.886. The van der Waals surface area contributed by atoms with Crippen LogP contribution in [0.4, 0.5) is 4.39 Å². The number of hydrogen-bond acceptors (Lipinski definition) is 2. The standard InChI is InChI=1S/C15H16FNO3/c16-10-2-4-12-8(5-10)1-3-13(12)14(18)17-11-6-9(7-11)15(19)20/h2,4-5,9,11,13H,1,3,6-7H2,(H,17,18)(H,19,20). The summed E-state index contributed by atoms with van der Waals surface area (Å²) in [6.45, 7) is 0. The average molecular weight is 277 g/mol. The molecule has 3 rings (SSSR count). The van der Waals surface area contributed by atoms with Crippen molar-refractivity contribution in [2.75, 3.05) is 0 Å². The highest BCUT2D eigenvalue weighted by molar-refractivity contribution is 5.85. The van der Waals surface area contributed by atoms with Crippen LogP contribution < -0.4 is 5.32 Å². The van der Waals surface area contributed by atoms with E-state index in [1.807, 2.05) is 0 Å². The summed E-state index contributed by atoms with van der Waals surface area (Å²) in [5.74, 6) is -1.69. The van der Waals surface area contributed by atoms with Crippen molar-refractivity contribution in [2.24, 2.45) is 5.92 Å². The van der Waals surface area contributed by atoms with E-state index in [2.05, 4.69) is 5.32 Å². The molecule has 5 heteroatoms. The summed E-state index contributed by atoms with van der Waals surface area (Å²) in [6, 6.07) is 4.52. The van der Waals surface area contributed by atoms with Gasteiger partial charge < -0.3 is 10.4 Å². The fraction of sp³-hybridized carbons (Fsp3) is 0.467. The van der Waals surface area contributed by atoms with E-state index in [1.165, 1.54) is 12.1 Å². The minimum Gasteiger partial charge on any atom is -0.481 e. The number of fused-ring (bicyclic) bond motifs is 1. The zero-order valence-corrected chi connectivity index (χ0v) is 10.9. The number of nitrogens with one attached hydrogen (secondary N) is 1. The van der Waals surface area contributed by atoms with Crippen LogP contribution in [0.2, 0.25) is 0 Å². The van der Waals surface area contributed by atoms with Gasteiger partial charge in [0, 0.05) is 6.04 Å². The van der Waals surface area contributed by atoms with E-state index >= 15 is 0 Å². The van der Waals surface area contributed by atoms with Crippen LogP contribution in [-0.2, 0) is 16.0 Å². The monoisotopic (exact) mass is 277 g/mol. The Bertz CT molecular complexity index is 566. The topological polar surface area (TPSA) is 66.4 Å². The lowest BCUT2D eigenvalue weighted by Crippen LogP contribution is -2.47. The smallest absolute Gasteiger partial charge is 0.306 e. The van der Waals surface area contributed by atoms with Gasteiger partial charge in [0.1, 0.15) is 5.82 Å². The van der Waals surface area contributed by atoms with Crippen molar-refractivity contribution in [3.63, 3.8) is 0 Å². The van der Waals surface area contributed by atoms with E-state index in [9.17, 15) is 14.0 Å². The lowest BCUT2D eigenvalue weighted by molar-refractivity contribution is -0.146. The van der Waals surface area contributed by atoms with Crippen LogP contribution in [0.15, 0.2) is 18.2 Å². The molecule has 2 aliphatic carbocycles. The largest absolute Gasteiger partial charge is 0.481 e. The molecular formula is C15H16FNO3. The molecule has 1 amide bonds. The van der Waals surface area contributed by atoms with E-state index in [0.717, 1.165) is 11.1 Å². The first-order valence-electron chi connectivity index (χ1n) is 6.86. The summed E-state index contributed by atoms with van der Waals surface area (Å²) in [7, 11) is 0. The van der Waals surface area contributed by atoms with Crippen molar-refractivity contribution in [2.45, 2.75) is 37.6 Å². The zero-order chi connectivity index (χ0) is 14.3. The van der Waals surface area contributed by atoms with Gasteiger partial charge in [0.15, 0.2) is 0 Å². The number of aliphatic carboxylic acids is 1. The highest BCUT2D eigenvalue weighted by atomic mass is 19.1. The molecule has 0 saturated heterocycles. The molecule has 0 spiro atoms. The molecule has 0 radical (unpaired) electrons. The molecule has 106 valence electrons. The molecule has 0 bridgehead atoms. The Morgan fingerprint density at radius 3 is 2.75 bits per heavy atom. The third kappa shape index (κ3) is 2.28. The highest BCUT2D eigenvalue weighted by Gasteiger charge is 2.37. The average Bonchev–Trinajstić information content (AvgIpc) is 2.75. The summed E-state index contributed by atoms with van der Waals surface area (Å²) in [5.41, 5.74) is 1.81. The van der Waals surface area contributed by atoms with Gasteiger partial charge in [0.05, 0.1) is 11.8 Å². The molecular weight excluding hydrogens is 261 g/mol. The third-order valence-electron chi connectivity index (χ3n) is 4.33. The van der Waals surface area contributed by atoms with E-state index in [1.54, 1.807) is 6.07 Å². The van der Waals surface area contributed by atoms with Gasteiger partial charge in [-0.3, -0.25) is 9.59 Å². The molecule has 1 unspecified atom stereocenters. The number of carbonyl (C=O) groups is 2. The summed E-state index contributed by atoms with van der Waals surface area (Å²) >= 11 is 0. The summed E-state index contributed by atoms with van der Waals surface area (Å²) in [5, 5.41) is 11.7. The van der Waals surface area contributed by atoms with Gasteiger partial charge in [-0.2, -0.15) is 0 Å². The van der Waals surface area contributed by atoms with Crippen LogP contribution in [-0.4, -0.2) is 23.0 Å². The van der Waals surface area contributed by atoms with Crippen molar-refractivity contribution in [3.8, 4) is 0 Å². The van der Waals surface area contributed by atoms with Gasteiger partial charge in [-0.15, -0.1) is 0 Å². The van der Waals surface area contributed by atoms with Crippen molar-refractivity contribution in [1.82, 2.24) is 5.32 Å². The number of carbonyl (C=O) groups excluding carboxylic acids is 1. The lowest BCUT2D eigenvalue weighted by Gasteiger charge is -2.33. The Morgan fingerprint density at radius 2 is 2.05 bits per heavy atom. The van der Waals surface area contributed by atoms with E-state index < -0.39 is 5.97 Å². The molecule has 1 aromatic rings. The summed E-state index contributed by atoms with van der Waals surface area (Å²) in [6.07, 6.45) is 2.42. The SMILES string of the molecule is O=C(O)C1CC(NC(=O)C2CCc3cc(F)ccc32)C1. The number of benzene rings is 1. The molecule has 4 nitrogen and oxygen atoms in total. The first kappa shape index (κ1) is 13.1. The van der Waals surface area contributed by atoms with E-state index in [0.29, 0.717) is 25.7 Å².